The van der Waals surface area contributed by atoms with E-state index in [-0.39, 0.29) is 0 Å². The van der Waals surface area contributed by atoms with Crippen molar-refractivity contribution in [2.75, 3.05) is 31.8 Å². The van der Waals surface area contributed by atoms with Crippen LogP contribution in [0.2, 0.25) is 0 Å². The van der Waals surface area contributed by atoms with Crippen LogP contribution in [0.25, 0.3) is 0 Å². The summed E-state index contributed by atoms with van der Waals surface area (Å²) in [5.41, 5.74) is 0. The van der Waals surface area contributed by atoms with Crippen LogP contribution < -0.4 is 0 Å². The van der Waals surface area contributed by atoms with Gasteiger partial charge >= 0.3 is 0 Å². The van der Waals surface area contributed by atoms with E-state index in [0.29, 0.717) is 7.92 Å². The molecule has 0 radical (unpaired) electrons. The fourth-order valence-electron chi connectivity index (χ4n) is 0.479. The lowest BCUT2D eigenvalue weighted by Crippen LogP contribution is -1.83. The molecule has 0 saturated carbocycles. The normalized spacial score (nSPS) is 12.0. The first kappa shape index (κ1) is 8.86. The topological polar surface area (TPSA) is 0 Å². The van der Waals surface area contributed by atoms with Crippen LogP contribution in [0.5, 0.6) is 0 Å². The van der Waals surface area contributed by atoms with Gasteiger partial charge in [0.25, 0.3) is 0 Å². The van der Waals surface area contributed by atoms with E-state index in [2.05, 4.69) is 20.3 Å². The molecule has 0 saturated heterocycles. The van der Waals surface area contributed by atoms with Crippen molar-refractivity contribution in [2.24, 2.45) is 0 Å². The van der Waals surface area contributed by atoms with Gasteiger partial charge in [-0.3, -0.25) is 0 Å². The van der Waals surface area contributed by atoms with Crippen LogP contribution in [-0.2, 0) is 0 Å². The maximum absolute atomic E-state index is 2.36. The van der Waals surface area contributed by atoms with Gasteiger partial charge in [0.2, 0.25) is 0 Å². The zero-order valence-corrected chi connectivity index (χ0v) is 7.96. The molecule has 2 heteroatoms. The summed E-state index contributed by atoms with van der Waals surface area (Å²) in [5.74, 6) is 0. The molecule has 0 aliphatic carbocycles. The number of rotatable bonds is 4. The summed E-state index contributed by atoms with van der Waals surface area (Å²) in [6, 6.07) is 0. The summed E-state index contributed by atoms with van der Waals surface area (Å²) in [6.07, 6.45) is 4.36. The summed E-state index contributed by atoms with van der Waals surface area (Å²) in [4.78, 5) is 0. The van der Waals surface area contributed by atoms with Gasteiger partial charge in [0.05, 0.1) is 0 Å². The van der Waals surface area contributed by atoms with Crippen LogP contribution in [0.4, 0.5) is 0 Å². The van der Waals surface area contributed by atoms with Crippen LogP contribution in [0.3, 0.4) is 0 Å². The fraction of sp³-hybridized carbons (Fsp3) is 1.00. The van der Waals surface area contributed by atoms with Gasteiger partial charge in [0.1, 0.15) is 0 Å². The minimum absolute atomic E-state index is 0.395. The largest absolute Gasteiger partial charge is 0.122 e. The quantitative estimate of drug-likeness (QED) is 0.426. The van der Waals surface area contributed by atoms with Gasteiger partial charge in [-0.1, -0.05) is 6.92 Å². The zero-order valence-electron chi connectivity index (χ0n) is 6.07. The molecule has 1 atom stereocenters. The highest BCUT2D eigenvalue weighted by molar-refractivity contribution is 7.56. The second-order valence-corrected chi connectivity index (χ2v) is 6.47. The van der Waals surface area contributed by atoms with Gasteiger partial charge in [-0.15, -0.1) is 16.5 Å². The zero-order chi connectivity index (χ0) is 6.41. The first-order chi connectivity index (χ1) is 3.77. The number of hydrogen-bond donors (Lipinski definition) is 0. The second kappa shape index (κ2) is 5.99. The first-order valence-corrected chi connectivity index (χ1v) is 6.96. The predicted octanol–water partition coefficient (Wildman–Crippen LogP) is 2.43. The van der Waals surface area contributed by atoms with E-state index in [4.69, 9.17) is 0 Å². The van der Waals surface area contributed by atoms with Crippen molar-refractivity contribution < 1.29 is 0 Å². The Hall–Kier alpha value is 0.860. The molecular weight excluding hydrogens is 134 g/mol. The summed E-state index contributed by atoms with van der Waals surface area (Å²) < 4.78 is 0. The third-order valence-electron chi connectivity index (χ3n) is 0.986. The molecule has 50 valence electrons. The highest BCUT2D eigenvalue weighted by Gasteiger charge is 1.89. The summed E-state index contributed by atoms with van der Waals surface area (Å²) in [6.45, 7) is 6.98. The molecule has 0 N–H and O–H groups in total. The van der Waals surface area contributed by atoms with Crippen molar-refractivity contribution in [1.82, 2.24) is 0 Å². The highest BCUT2D eigenvalue weighted by Crippen LogP contribution is 2.26. The van der Waals surface area contributed by atoms with Gasteiger partial charge in [-0.05, 0) is 31.8 Å². The summed E-state index contributed by atoms with van der Waals surface area (Å²) >= 11 is 0. The molecule has 0 aliphatic rings. The number of hydrogen-bond acceptors (Lipinski definition) is 0. The second-order valence-electron chi connectivity index (χ2n) is 2.16. The van der Waals surface area contributed by atoms with Crippen molar-refractivity contribution in [3.8, 4) is 0 Å². The van der Waals surface area contributed by atoms with Gasteiger partial charge in [-0.25, -0.2) is 0 Å². The Balaban J connectivity index is 2.72. The predicted molar refractivity (Wildman–Crippen MR) is 47.4 cm³/mol. The van der Waals surface area contributed by atoms with Crippen molar-refractivity contribution >= 4 is 16.5 Å². The van der Waals surface area contributed by atoms with Crippen LogP contribution in [0.15, 0.2) is 0 Å². The molecule has 0 nitrogen and oxygen atoms in total. The first-order valence-electron chi connectivity index (χ1n) is 3.12. The summed E-state index contributed by atoms with van der Waals surface area (Å²) in [5, 5.41) is 0. The van der Waals surface area contributed by atoms with E-state index in [9.17, 15) is 0 Å². The van der Waals surface area contributed by atoms with E-state index in [0.717, 1.165) is 0 Å². The Bertz CT molecular complexity index is 43.8. The molecule has 0 spiro atoms. The summed E-state index contributed by atoms with van der Waals surface area (Å²) in [7, 11) is 1.62. The molecule has 0 aromatic rings. The molecule has 0 aromatic heterocycles. The fourth-order valence-corrected chi connectivity index (χ4v) is 3.25. The van der Waals surface area contributed by atoms with Crippen LogP contribution in [-0.4, -0.2) is 31.8 Å². The standard InChI is InChI=1S/C6H16P2/c1-4-7-5-6-8(2)3/h7H,4-6H2,1-3H3. The Kier molecular flexibility index (Phi) is 6.63. The van der Waals surface area contributed by atoms with Crippen LogP contribution in [0, 0.1) is 0 Å². The Morgan fingerprint density at radius 1 is 1.38 bits per heavy atom. The average Bonchev–Trinajstić information content (AvgIpc) is 1.66. The molecule has 0 aromatic carbocycles. The van der Waals surface area contributed by atoms with E-state index in [1.54, 1.807) is 0 Å². The minimum atomic E-state index is 0.395. The SMILES string of the molecule is CCPCCP(C)C. The third kappa shape index (κ3) is 6.86. The van der Waals surface area contributed by atoms with Gasteiger partial charge < -0.3 is 0 Å². The van der Waals surface area contributed by atoms with E-state index in [1.165, 1.54) is 27.1 Å². The van der Waals surface area contributed by atoms with E-state index >= 15 is 0 Å². The molecular formula is C6H16P2. The Morgan fingerprint density at radius 2 is 2.00 bits per heavy atom. The lowest BCUT2D eigenvalue weighted by atomic mass is 10.9. The molecule has 0 fully saturated rings. The van der Waals surface area contributed by atoms with Crippen molar-refractivity contribution in [2.45, 2.75) is 6.92 Å². The molecule has 1 unspecified atom stereocenters. The van der Waals surface area contributed by atoms with E-state index in [1.807, 2.05) is 0 Å². The van der Waals surface area contributed by atoms with Crippen molar-refractivity contribution in [3.05, 3.63) is 0 Å². The van der Waals surface area contributed by atoms with Crippen molar-refractivity contribution in [3.63, 3.8) is 0 Å². The molecule has 0 amide bonds. The monoisotopic (exact) mass is 150 g/mol. The van der Waals surface area contributed by atoms with Crippen molar-refractivity contribution in [1.29, 1.82) is 0 Å². The molecule has 0 rings (SSSR count). The lowest BCUT2D eigenvalue weighted by molar-refractivity contribution is 1.44. The van der Waals surface area contributed by atoms with Gasteiger partial charge in [0, 0.05) is 0 Å². The van der Waals surface area contributed by atoms with Gasteiger partial charge in [-0.2, -0.15) is 0 Å². The molecule has 8 heavy (non-hydrogen) atoms. The maximum Gasteiger partial charge on any atom is -0.0294 e. The maximum atomic E-state index is 2.36. The average molecular weight is 150 g/mol. The Morgan fingerprint density at radius 3 is 2.38 bits per heavy atom. The molecule has 0 aliphatic heterocycles. The smallest absolute Gasteiger partial charge is 0.0294 e. The molecule has 0 heterocycles. The van der Waals surface area contributed by atoms with Crippen LogP contribution >= 0.6 is 16.5 Å². The lowest BCUT2D eigenvalue weighted by Gasteiger charge is -2.02. The molecule has 0 bridgehead atoms. The van der Waals surface area contributed by atoms with Gasteiger partial charge in [0.15, 0.2) is 0 Å². The van der Waals surface area contributed by atoms with E-state index < -0.39 is 0 Å². The highest BCUT2D eigenvalue weighted by atomic mass is 31.1. The third-order valence-corrected chi connectivity index (χ3v) is 3.63. The van der Waals surface area contributed by atoms with Crippen LogP contribution in [0.1, 0.15) is 6.92 Å². The Labute approximate surface area is 56.0 Å². The minimum Gasteiger partial charge on any atom is -0.122 e.